The molecule has 1 N–H and O–H groups in total. The van der Waals surface area contributed by atoms with E-state index in [0.29, 0.717) is 5.75 Å². The number of aryl methyl sites for hydroxylation is 1. The second kappa shape index (κ2) is 5.83. The van der Waals surface area contributed by atoms with E-state index in [1.807, 2.05) is 23.1 Å². The van der Waals surface area contributed by atoms with Gasteiger partial charge in [0.2, 0.25) is 0 Å². The summed E-state index contributed by atoms with van der Waals surface area (Å²) < 4.78 is 5.59. The summed E-state index contributed by atoms with van der Waals surface area (Å²) in [6.45, 7) is 1.80. The Hall–Kier alpha value is -1.55. The van der Waals surface area contributed by atoms with Crippen LogP contribution in [0.1, 0.15) is 42.9 Å². The second-order valence-electron chi connectivity index (χ2n) is 5.65. The van der Waals surface area contributed by atoms with Gasteiger partial charge in [-0.3, -0.25) is 4.79 Å². The summed E-state index contributed by atoms with van der Waals surface area (Å²) >= 11 is 0. The molecule has 1 aliphatic heterocycles. The van der Waals surface area contributed by atoms with Crippen molar-refractivity contribution in [2.24, 2.45) is 0 Å². The van der Waals surface area contributed by atoms with Crippen LogP contribution in [0.15, 0.2) is 18.2 Å². The minimum atomic E-state index is -0.392. The summed E-state index contributed by atoms with van der Waals surface area (Å²) in [6.07, 6.45) is 4.65. The Morgan fingerprint density at radius 1 is 1.30 bits per heavy atom. The second-order valence-corrected chi connectivity index (χ2v) is 5.65. The van der Waals surface area contributed by atoms with E-state index < -0.39 is 6.10 Å². The largest absolute Gasteiger partial charge is 0.484 e. The van der Waals surface area contributed by atoms with E-state index in [0.717, 1.165) is 50.8 Å². The number of aliphatic hydroxyl groups excluding tert-OH is 1. The minimum absolute atomic E-state index is 0.0563. The summed E-state index contributed by atoms with van der Waals surface area (Å²) in [5, 5.41) is 10.0. The molecule has 1 aromatic carbocycles. The van der Waals surface area contributed by atoms with Crippen LogP contribution in [0.25, 0.3) is 0 Å². The SMILES string of the molecule is O=C(COc1ccc2c(c1)C(O)CCC2)N1CCCC1. The Bertz CT molecular complexity index is 494. The number of hydrogen-bond acceptors (Lipinski definition) is 3. The molecule has 1 fully saturated rings. The van der Waals surface area contributed by atoms with Gasteiger partial charge in [-0.1, -0.05) is 6.07 Å². The maximum Gasteiger partial charge on any atom is 0.260 e. The van der Waals surface area contributed by atoms with E-state index in [9.17, 15) is 9.90 Å². The lowest BCUT2D eigenvalue weighted by molar-refractivity contribution is -0.132. The standard InChI is InChI=1S/C16H21NO3/c18-15-5-3-4-12-6-7-13(10-14(12)15)20-11-16(19)17-8-1-2-9-17/h6-7,10,15,18H,1-5,8-9,11H2. The number of aliphatic hydroxyl groups is 1. The first-order valence-corrected chi connectivity index (χ1v) is 7.45. The Balaban J connectivity index is 1.63. The van der Waals surface area contributed by atoms with Crippen molar-refractivity contribution in [2.75, 3.05) is 19.7 Å². The molecule has 1 saturated heterocycles. The van der Waals surface area contributed by atoms with E-state index >= 15 is 0 Å². The molecular formula is C16H21NO3. The van der Waals surface area contributed by atoms with Gasteiger partial charge < -0.3 is 14.7 Å². The van der Waals surface area contributed by atoms with Gasteiger partial charge in [0.25, 0.3) is 5.91 Å². The van der Waals surface area contributed by atoms with Crippen LogP contribution >= 0.6 is 0 Å². The number of carbonyl (C=O) groups is 1. The topological polar surface area (TPSA) is 49.8 Å². The predicted molar refractivity (Wildman–Crippen MR) is 75.6 cm³/mol. The molecule has 0 saturated carbocycles. The summed E-state index contributed by atoms with van der Waals surface area (Å²) in [5.41, 5.74) is 2.16. The first kappa shape index (κ1) is 13.4. The van der Waals surface area contributed by atoms with E-state index in [2.05, 4.69) is 0 Å². The van der Waals surface area contributed by atoms with Crippen molar-refractivity contribution in [3.05, 3.63) is 29.3 Å². The van der Waals surface area contributed by atoms with Gasteiger partial charge in [-0.15, -0.1) is 0 Å². The molecule has 1 amide bonds. The number of rotatable bonds is 3. The first-order valence-electron chi connectivity index (χ1n) is 7.45. The molecule has 3 rings (SSSR count). The molecule has 1 heterocycles. The third-order valence-electron chi connectivity index (χ3n) is 4.22. The van der Waals surface area contributed by atoms with Gasteiger partial charge in [0.1, 0.15) is 5.75 Å². The van der Waals surface area contributed by atoms with Gasteiger partial charge in [0.05, 0.1) is 6.10 Å². The monoisotopic (exact) mass is 275 g/mol. The van der Waals surface area contributed by atoms with Crippen molar-refractivity contribution >= 4 is 5.91 Å². The smallest absolute Gasteiger partial charge is 0.260 e. The highest BCUT2D eigenvalue weighted by Gasteiger charge is 2.20. The highest BCUT2D eigenvalue weighted by atomic mass is 16.5. The number of amides is 1. The maximum absolute atomic E-state index is 11.9. The summed E-state index contributed by atoms with van der Waals surface area (Å²) in [5.74, 6) is 0.734. The molecule has 0 radical (unpaired) electrons. The molecule has 4 nitrogen and oxygen atoms in total. The number of hydrogen-bond donors (Lipinski definition) is 1. The highest BCUT2D eigenvalue weighted by molar-refractivity contribution is 5.78. The lowest BCUT2D eigenvalue weighted by atomic mass is 9.89. The first-order chi connectivity index (χ1) is 9.74. The van der Waals surface area contributed by atoms with Crippen LogP contribution in [0.5, 0.6) is 5.75 Å². The number of likely N-dealkylation sites (tertiary alicyclic amines) is 1. The van der Waals surface area contributed by atoms with Crippen LogP contribution in [-0.2, 0) is 11.2 Å². The van der Waals surface area contributed by atoms with Gasteiger partial charge in [-0.25, -0.2) is 0 Å². The average Bonchev–Trinajstić information content (AvgIpc) is 3.00. The fourth-order valence-corrected chi connectivity index (χ4v) is 3.04. The van der Waals surface area contributed by atoms with Crippen LogP contribution in [0.4, 0.5) is 0 Å². The third-order valence-corrected chi connectivity index (χ3v) is 4.22. The Kier molecular flexibility index (Phi) is 3.92. The molecule has 1 atom stereocenters. The van der Waals surface area contributed by atoms with E-state index in [1.165, 1.54) is 5.56 Å². The molecule has 0 spiro atoms. The number of benzene rings is 1. The number of fused-ring (bicyclic) bond motifs is 1. The minimum Gasteiger partial charge on any atom is -0.484 e. The Labute approximate surface area is 119 Å². The van der Waals surface area contributed by atoms with Crippen molar-refractivity contribution in [1.29, 1.82) is 0 Å². The maximum atomic E-state index is 11.9. The van der Waals surface area contributed by atoms with Crippen LogP contribution in [-0.4, -0.2) is 35.6 Å². The van der Waals surface area contributed by atoms with Crippen LogP contribution in [0.3, 0.4) is 0 Å². The number of nitrogens with zero attached hydrogens (tertiary/aromatic N) is 1. The van der Waals surface area contributed by atoms with Crippen molar-refractivity contribution < 1.29 is 14.6 Å². The van der Waals surface area contributed by atoms with Crippen LogP contribution < -0.4 is 4.74 Å². The average molecular weight is 275 g/mol. The summed E-state index contributed by atoms with van der Waals surface area (Å²) in [7, 11) is 0. The molecule has 4 heteroatoms. The van der Waals surface area contributed by atoms with E-state index in [-0.39, 0.29) is 12.5 Å². The van der Waals surface area contributed by atoms with Crippen molar-refractivity contribution in [3.63, 3.8) is 0 Å². The van der Waals surface area contributed by atoms with Crippen molar-refractivity contribution in [3.8, 4) is 5.75 Å². The molecule has 1 unspecified atom stereocenters. The van der Waals surface area contributed by atoms with Crippen molar-refractivity contribution in [1.82, 2.24) is 4.90 Å². The lowest BCUT2D eigenvalue weighted by Crippen LogP contribution is -2.32. The summed E-state index contributed by atoms with van der Waals surface area (Å²) in [6, 6.07) is 5.79. The summed E-state index contributed by atoms with van der Waals surface area (Å²) in [4.78, 5) is 13.8. The molecule has 0 bridgehead atoms. The fourth-order valence-electron chi connectivity index (χ4n) is 3.04. The van der Waals surface area contributed by atoms with E-state index in [1.54, 1.807) is 0 Å². The zero-order chi connectivity index (χ0) is 13.9. The van der Waals surface area contributed by atoms with Gasteiger partial charge in [0.15, 0.2) is 6.61 Å². The molecule has 108 valence electrons. The number of carbonyl (C=O) groups excluding carboxylic acids is 1. The number of ether oxygens (including phenoxy) is 1. The Morgan fingerprint density at radius 2 is 2.10 bits per heavy atom. The third kappa shape index (κ3) is 2.80. The highest BCUT2D eigenvalue weighted by Crippen LogP contribution is 2.32. The predicted octanol–water partition coefficient (Wildman–Crippen LogP) is 2.06. The van der Waals surface area contributed by atoms with Crippen LogP contribution in [0, 0.1) is 0 Å². The molecule has 1 aliphatic carbocycles. The van der Waals surface area contributed by atoms with Gasteiger partial charge in [0, 0.05) is 13.1 Å². The molecule has 2 aliphatic rings. The van der Waals surface area contributed by atoms with Gasteiger partial charge in [-0.2, -0.15) is 0 Å². The molecular weight excluding hydrogens is 254 g/mol. The quantitative estimate of drug-likeness (QED) is 0.918. The fraction of sp³-hybridized carbons (Fsp3) is 0.562. The van der Waals surface area contributed by atoms with E-state index in [4.69, 9.17) is 4.74 Å². The molecule has 1 aromatic rings. The van der Waals surface area contributed by atoms with Gasteiger partial charge >= 0.3 is 0 Å². The lowest BCUT2D eigenvalue weighted by Gasteiger charge is -2.22. The Morgan fingerprint density at radius 3 is 2.90 bits per heavy atom. The van der Waals surface area contributed by atoms with Crippen LogP contribution in [0.2, 0.25) is 0 Å². The molecule has 0 aromatic heterocycles. The zero-order valence-corrected chi connectivity index (χ0v) is 11.7. The van der Waals surface area contributed by atoms with Crippen molar-refractivity contribution in [2.45, 2.75) is 38.2 Å². The normalized spacial score (nSPS) is 21.6. The van der Waals surface area contributed by atoms with Gasteiger partial charge in [-0.05, 0) is 55.4 Å². The zero-order valence-electron chi connectivity index (χ0n) is 11.7. The molecule has 20 heavy (non-hydrogen) atoms.